The fourth-order valence-electron chi connectivity index (χ4n) is 1.20. The van der Waals surface area contributed by atoms with Crippen molar-refractivity contribution in [2.24, 2.45) is 5.73 Å². The quantitative estimate of drug-likeness (QED) is 0.473. The Morgan fingerprint density at radius 3 is 2.53 bits per heavy atom. The summed E-state index contributed by atoms with van der Waals surface area (Å²) in [5, 5.41) is 2.61. The molecule has 0 bridgehead atoms. The number of nitrogens with zero attached hydrogens (tertiary/aromatic N) is 1. The van der Waals surface area contributed by atoms with E-state index in [0.717, 1.165) is 12.8 Å². The van der Waals surface area contributed by atoms with Crippen molar-refractivity contribution >= 4 is 15.7 Å². The van der Waals surface area contributed by atoms with Crippen LogP contribution in [0, 0.1) is 0 Å². The number of likely N-dealkylation sites (N-methyl/N-ethyl adjacent to an activating group) is 1. The van der Waals surface area contributed by atoms with Crippen molar-refractivity contribution in [1.29, 1.82) is 0 Å². The molecule has 0 saturated heterocycles. The Morgan fingerprint density at radius 1 is 1.37 bits per heavy atom. The summed E-state index contributed by atoms with van der Waals surface area (Å²) in [5.74, 6) is -0.430. The first-order chi connectivity index (χ1) is 8.72. The monoisotopic (exact) mass is 295 g/mol. The first-order valence-electron chi connectivity index (χ1n) is 6.16. The van der Waals surface area contributed by atoms with Crippen LogP contribution in [0.25, 0.3) is 0 Å². The van der Waals surface area contributed by atoms with Crippen LogP contribution in [0.3, 0.4) is 0 Å². The van der Waals surface area contributed by atoms with Gasteiger partial charge in [-0.05, 0) is 20.5 Å². The molecule has 0 heterocycles. The molecule has 3 N–H and O–H groups in total. The number of carbonyl (C=O) groups is 1. The largest absolute Gasteiger partial charge is 0.378 e. The fraction of sp³-hybridized carbons (Fsp3) is 0.909. The summed E-state index contributed by atoms with van der Waals surface area (Å²) in [6.45, 7) is 2.21. The van der Waals surface area contributed by atoms with Crippen molar-refractivity contribution < 1.29 is 17.9 Å². The first kappa shape index (κ1) is 18.3. The molecule has 1 amide bonds. The van der Waals surface area contributed by atoms with Crippen LogP contribution in [-0.4, -0.2) is 77.7 Å². The van der Waals surface area contributed by atoms with E-state index < -0.39 is 15.9 Å². The van der Waals surface area contributed by atoms with Crippen LogP contribution in [-0.2, 0) is 19.4 Å². The molecule has 0 aliphatic rings. The maximum absolute atomic E-state index is 11.5. The molecule has 0 spiro atoms. The summed E-state index contributed by atoms with van der Waals surface area (Å²) < 4.78 is 27.2. The van der Waals surface area contributed by atoms with Crippen LogP contribution >= 0.6 is 0 Å². The lowest BCUT2D eigenvalue weighted by Crippen LogP contribution is -2.42. The van der Waals surface area contributed by atoms with Crippen LogP contribution in [0.4, 0.5) is 0 Å². The minimum absolute atomic E-state index is 0.0824. The van der Waals surface area contributed by atoms with Gasteiger partial charge in [0, 0.05) is 19.3 Å². The van der Waals surface area contributed by atoms with Crippen molar-refractivity contribution in [3.63, 3.8) is 0 Å². The van der Waals surface area contributed by atoms with E-state index in [9.17, 15) is 13.2 Å². The van der Waals surface area contributed by atoms with Gasteiger partial charge in [-0.25, -0.2) is 8.42 Å². The van der Waals surface area contributed by atoms with Crippen molar-refractivity contribution in [2.45, 2.75) is 12.5 Å². The topological polar surface area (TPSA) is 102 Å². The zero-order valence-electron chi connectivity index (χ0n) is 11.9. The van der Waals surface area contributed by atoms with E-state index in [0.29, 0.717) is 19.8 Å². The van der Waals surface area contributed by atoms with Gasteiger partial charge in [-0.3, -0.25) is 4.79 Å². The predicted octanol–water partition coefficient (Wildman–Crippen LogP) is -1.56. The van der Waals surface area contributed by atoms with Gasteiger partial charge in [0.25, 0.3) is 0 Å². The minimum Gasteiger partial charge on any atom is -0.378 e. The molecule has 0 rings (SSSR count). The summed E-state index contributed by atoms with van der Waals surface area (Å²) in [6.07, 6.45) is 1.25. The second kappa shape index (κ2) is 9.24. The molecule has 1 unspecified atom stereocenters. The zero-order valence-corrected chi connectivity index (χ0v) is 12.7. The number of hydrogen-bond donors (Lipinski definition) is 2. The molecule has 8 heteroatoms. The Hall–Kier alpha value is -0.700. The van der Waals surface area contributed by atoms with Crippen molar-refractivity contribution in [1.82, 2.24) is 10.2 Å². The average Bonchev–Trinajstić information content (AvgIpc) is 2.28. The Labute approximate surface area is 115 Å². The lowest BCUT2D eigenvalue weighted by molar-refractivity contribution is -0.122. The third kappa shape index (κ3) is 12.1. The van der Waals surface area contributed by atoms with Crippen LogP contribution < -0.4 is 11.1 Å². The molecule has 0 saturated carbocycles. The lowest BCUT2D eigenvalue weighted by atomic mass is 10.2. The molecule has 114 valence electrons. The molecule has 1 atom stereocenters. The van der Waals surface area contributed by atoms with E-state index in [4.69, 9.17) is 10.5 Å². The average molecular weight is 295 g/mol. The molecule has 0 radical (unpaired) electrons. The zero-order chi connectivity index (χ0) is 14.9. The second-order valence-corrected chi connectivity index (χ2v) is 6.99. The highest BCUT2D eigenvalue weighted by atomic mass is 32.2. The predicted molar refractivity (Wildman–Crippen MR) is 74.7 cm³/mol. The third-order valence-corrected chi connectivity index (χ3v) is 3.34. The fourth-order valence-corrected chi connectivity index (χ4v) is 1.88. The maximum Gasteiger partial charge on any atom is 0.237 e. The number of nitrogens with two attached hydrogens (primary N) is 1. The Balaban J connectivity index is 3.63. The normalized spacial score (nSPS) is 13.5. The molecule has 0 aliphatic carbocycles. The summed E-state index contributed by atoms with van der Waals surface area (Å²) >= 11 is 0. The van der Waals surface area contributed by atoms with Crippen molar-refractivity contribution in [2.75, 3.05) is 52.4 Å². The van der Waals surface area contributed by atoms with Gasteiger partial charge in [-0.1, -0.05) is 0 Å². The molecule has 0 aromatic heterocycles. The van der Waals surface area contributed by atoms with Gasteiger partial charge in [0.15, 0.2) is 0 Å². The van der Waals surface area contributed by atoms with Gasteiger partial charge >= 0.3 is 0 Å². The maximum atomic E-state index is 11.5. The van der Waals surface area contributed by atoms with Crippen LogP contribution in [0.15, 0.2) is 0 Å². The van der Waals surface area contributed by atoms with E-state index in [2.05, 4.69) is 5.32 Å². The van der Waals surface area contributed by atoms with E-state index in [1.54, 1.807) is 0 Å². The summed E-state index contributed by atoms with van der Waals surface area (Å²) in [7, 11) is 0.818. The van der Waals surface area contributed by atoms with E-state index in [1.165, 1.54) is 0 Å². The molecule has 0 aromatic carbocycles. The van der Waals surface area contributed by atoms with Crippen LogP contribution in [0.1, 0.15) is 6.42 Å². The Bertz CT molecular complexity index is 357. The molecule has 0 aliphatic heterocycles. The Kier molecular flexibility index (Phi) is 8.90. The van der Waals surface area contributed by atoms with Gasteiger partial charge < -0.3 is 20.7 Å². The van der Waals surface area contributed by atoms with Crippen LogP contribution in [0.2, 0.25) is 0 Å². The number of rotatable bonds is 10. The van der Waals surface area contributed by atoms with Gasteiger partial charge in [0.2, 0.25) is 5.91 Å². The third-order valence-electron chi connectivity index (χ3n) is 2.36. The lowest BCUT2D eigenvalue weighted by Gasteiger charge is -2.12. The number of sulfone groups is 1. The number of carbonyl (C=O) groups excluding carboxylic acids is 1. The van der Waals surface area contributed by atoms with E-state index >= 15 is 0 Å². The van der Waals surface area contributed by atoms with Crippen molar-refractivity contribution in [3.05, 3.63) is 0 Å². The first-order valence-corrected chi connectivity index (χ1v) is 8.22. The van der Waals surface area contributed by atoms with Gasteiger partial charge in [-0.15, -0.1) is 0 Å². The van der Waals surface area contributed by atoms with Crippen molar-refractivity contribution in [3.8, 4) is 0 Å². The van der Waals surface area contributed by atoms with Gasteiger partial charge in [0.1, 0.15) is 9.84 Å². The summed E-state index contributed by atoms with van der Waals surface area (Å²) in [6, 6.07) is -0.795. The second-order valence-electron chi connectivity index (χ2n) is 4.73. The number of nitrogens with one attached hydrogen (secondary N) is 1. The van der Waals surface area contributed by atoms with Gasteiger partial charge in [0.05, 0.1) is 25.0 Å². The van der Waals surface area contributed by atoms with Gasteiger partial charge in [-0.2, -0.15) is 0 Å². The molecular formula is C11H25N3O4S. The SMILES string of the molecule is CN(C)CCOCCNC(=O)C(N)CCS(C)(=O)=O. The smallest absolute Gasteiger partial charge is 0.237 e. The Morgan fingerprint density at radius 2 is 2.00 bits per heavy atom. The van der Waals surface area contributed by atoms with E-state index in [1.807, 2.05) is 19.0 Å². The molecule has 19 heavy (non-hydrogen) atoms. The number of ether oxygens (including phenoxy) is 1. The number of amides is 1. The summed E-state index contributed by atoms with van der Waals surface area (Å²) in [5.41, 5.74) is 5.58. The summed E-state index contributed by atoms with van der Waals surface area (Å²) in [4.78, 5) is 13.5. The molecule has 0 aromatic rings. The van der Waals surface area contributed by atoms with E-state index in [-0.39, 0.29) is 18.1 Å². The van der Waals surface area contributed by atoms with Crippen LogP contribution in [0.5, 0.6) is 0 Å². The number of hydrogen-bond acceptors (Lipinski definition) is 6. The molecule has 7 nitrogen and oxygen atoms in total. The standard InChI is InChI=1S/C11H25N3O4S/c1-14(2)6-8-18-7-5-13-11(15)10(12)4-9-19(3,16)17/h10H,4-9,12H2,1-3H3,(H,13,15). The highest BCUT2D eigenvalue weighted by Gasteiger charge is 2.15. The highest BCUT2D eigenvalue weighted by molar-refractivity contribution is 7.90. The molecule has 0 fully saturated rings. The molecular weight excluding hydrogens is 270 g/mol. The minimum atomic E-state index is -3.08. The highest BCUT2D eigenvalue weighted by Crippen LogP contribution is 1.93.